The average molecular weight is 205 g/mol. The van der Waals surface area contributed by atoms with Crippen molar-refractivity contribution >= 4 is 33.4 Å². The van der Waals surface area contributed by atoms with E-state index in [0.29, 0.717) is 11.3 Å². The first-order chi connectivity index (χ1) is 6.77. The van der Waals surface area contributed by atoms with E-state index in [0.717, 1.165) is 28.4 Å². The van der Waals surface area contributed by atoms with E-state index in [9.17, 15) is 4.79 Å². The van der Waals surface area contributed by atoms with Gasteiger partial charge in [-0.2, -0.15) is 0 Å². The standard InChI is InChI=1S/C11H11NOS/c1-2-7-8-3-4-14-11(8)5-10(12)9(7)6-13/h3-6H,2,12H2,1H3. The number of nitrogens with two attached hydrogens (primary N) is 1. The molecule has 2 N–H and O–H groups in total. The molecule has 72 valence electrons. The maximum atomic E-state index is 10.9. The van der Waals surface area contributed by atoms with Crippen molar-refractivity contribution in [2.24, 2.45) is 0 Å². The van der Waals surface area contributed by atoms with Crippen molar-refractivity contribution in [3.63, 3.8) is 0 Å². The lowest BCUT2D eigenvalue weighted by molar-refractivity contribution is 0.112. The van der Waals surface area contributed by atoms with Crippen LogP contribution >= 0.6 is 11.3 Å². The Kier molecular flexibility index (Phi) is 2.25. The number of thiophene rings is 1. The fourth-order valence-corrected chi connectivity index (χ4v) is 2.60. The van der Waals surface area contributed by atoms with Gasteiger partial charge in [0.1, 0.15) is 0 Å². The first-order valence-corrected chi connectivity index (χ1v) is 5.39. The minimum atomic E-state index is 0.590. The molecule has 14 heavy (non-hydrogen) atoms. The minimum Gasteiger partial charge on any atom is -0.398 e. The van der Waals surface area contributed by atoms with Crippen molar-refractivity contribution in [3.05, 3.63) is 28.6 Å². The Balaban J connectivity index is 2.88. The molecule has 2 rings (SSSR count). The van der Waals surface area contributed by atoms with Gasteiger partial charge in [0.25, 0.3) is 0 Å². The van der Waals surface area contributed by atoms with Gasteiger partial charge in [-0.05, 0) is 34.9 Å². The fraction of sp³-hybridized carbons (Fsp3) is 0.182. The van der Waals surface area contributed by atoms with Crippen LogP contribution in [0.3, 0.4) is 0 Å². The zero-order chi connectivity index (χ0) is 10.1. The Morgan fingerprint density at radius 1 is 1.57 bits per heavy atom. The second-order valence-corrected chi connectivity index (χ2v) is 4.11. The lowest BCUT2D eigenvalue weighted by atomic mass is 10.0. The van der Waals surface area contributed by atoms with Gasteiger partial charge in [-0.1, -0.05) is 6.92 Å². The second-order valence-electron chi connectivity index (χ2n) is 3.16. The number of hydrogen-bond donors (Lipinski definition) is 1. The van der Waals surface area contributed by atoms with Crippen LogP contribution < -0.4 is 5.73 Å². The molecule has 0 spiro atoms. The van der Waals surface area contributed by atoms with Gasteiger partial charge in [-0.15, -0.1) is 11.3 Å². The zero-order valence-corrected chi connectivity index (χ0v) is 8.73. The Morgan fingerprint density at radius 2 is 2.36 bits per heavy atom. The zero-order valence-electron chi connectivity index (χ0n) is 7.91. The van der Waals surface area contributed by atoms with Crippen LogP contribution in [0.2, 0.25) is 0 Å². The molecule has 1 aromatic heterocycles. The second kappa shape index (κ2) is 3.42. The molecule has 0 saturated heterocycles. The smallest absolute Gasteiger partial charge is 0.152 e. The molecule has 3 heteroatoms. The number of aldehydes is 1. The molecular weight excluding hydrogens is 194 g/mol. The molecule has 0 radical (unpaired) electrons. The molecule has 0 unspecified atom stereocenters. The maximum Gasteiger partial charge on any atom is 0.152 e. The van der Waals surface area contributed by atoms with Crippen molar-refractivity contribution in [2.75, 3.05) is 5.73 Å². The summed E-state index contributed by atoms with van der Waals surface area (Å²) in [7, 11) is 0. The highest BCUT2D eigenvalue weighted by molar-refractivity contribution is 7.17. The van der Waals surface area contributed by atoms with Gasteiger partial charge < -0.3 is 5.73 Å². The lowest BCUT2D eigenvalue weighted by Gasteiger charge is -2.06. The summed E-state index contributed by atoms with van der Waals surface area (Å²) in [5.74, 6) is 0. The molecular formula is C11H11NOS. The summed E-state index contributed by atoms with van der Waals surface area (Å²) in [5.41, 5.74) is 8.12. The molecule has 2 nitrogen and oxygen atoms in total. The summed E-state index contributed by atoms with van der Waals surface area (Å²) in [6.45, 7) is 2.04. The third-order valence-electron chi connectivity index (χ3n) is 2.41. The van der Waals surface area contributed by atoms with Crippen LogP contribution in [0.1, 0.15) is 22.8 Å². The van der Waals surface area contributed by atoms with Crippen LogP contribution in [-0.4, -0.2) is 6.29 Å². The van der Waals surface area contributed by atoms with Crippen LogP contribution in [0.5, 0.6) is 0 Å². The first kappa shape index (κ1) is 9.21. The van der Waals surface area contributed by atoms with E-state index in [2.05, 4.69) is 0 Å². The Labute approximate surface area is 86.3 Å². The molecule has 0 saturated carbocycles. The van der Waals surface area contributed by atoms with Crippen molar-refractivity contribution in [1.82, 2.24) is 0 Å². The number of carbonyl (C=O) groups is 1. The van der Waals surface area contributed by atoms with Crippen LogP contribution in [0.4, 0.5) is 5.69 Å². The highest BCUT2D eigenvalue weighted by Gasteiger charge is 2.09. The normalized spacial score (nSPS) is 10.6. The summed E-state index contributed by atoms with van der Waals surface area (Å²) in [6, 6.07) is 3.92. The first-order valence-electron chi connectivity index (χ1n) is 4.51. The predicted octanol–water partition coefficient (Wildman–Crippen LogP) is 2.86. The largest absolute Gasteiger partial charge is 0.398 e. The van der Waals surface area contributed by atoms with E-state index in [1.807, 2.05) is 24.4 Å². The molecule has 1 aromatic carbocycles. The van der Waals surface area contributed by atoms with Crippen LogP contribution in [-0.2, 0) is 6.42 Å². The number of aryl methyl sites for hydroxylation is 1. The summed E-state index contributed by atoms with van der Waals surface area (Å²) in [6.07, 6.45) is 1.69. The van der Waals surface area contributed by atoms with Gasteiger partial charge in [0, 0.05) is 16.0 Å². The quantitative estimate of drug-likeness (QED) is 0.605. The summed E-state index contributed by atoms with van der Waals surface area (Å²) < 4.78 is 1.16. The van der Waals surface area contributed by atoms with Crippen molar-refractivity contribution < 1.29 is 4.79 Å². The van der Waals surface area contributed by atoms with Crippen LogP contribution in [0.15, 0.2) is 17.5 Å². The Hall–Kier alpha value is -1.35. The molecule has 1 heterocycles. The number of carbonyl (C=O) groups excluding carboxylic acids is 1. The van der Waals surface area contributed by atoms with Gasteiger partial charge >= 0.3 is 0 Å². The van der Waals surface area contributed by atoms with E-state index in [1.54, 1.807) is 11.3 Å². The van der Waals surface area contributed by atoms with Gasteiger partial charge in [0.05, 0.1) is 0 Å². The third-order valence-corrected chi connectivity index (χ3v) is 3.28. The molecule has 0 fully saturated rings. The van der Waals surface area contributed by atoms with E-state index in [4.69, 9.17) is 5.73 Å². The monoisotopic (exact) mass is 205 g/mol. The number of fused-ring (bicyclic) bond motifs is 1. The third kappa shape index (κ3) is 1.21. The van der Waals surface area contributed by atoms with E-state index < -0.39 is 0 Å². The minimum absolute atomic E-state index is 0.590. The van der Waals surface area contributed by atoms with E-state index >= 15 is 0 Å². The molecule has 0 aliphatic carbocycles. The SMILES string of the molecule is CCc1c(C=O)c(N)cc2sccc12. The van der Waals surface area contributed by atoms with Gasteiger partial charge in [-0.25, -0.2) is 0 Å². The highest BCUT2D eigenvalue weighted by atomic mass is 32.1. The topological polar surface area (TPSA) is 43.1 Å². The molecule has 0 amide bonds. The average Bonchev–Trinajstić information content (AvgIpc) is 2.62. The van der Waals surface area contributed by atoms with E-state index in [-0.39, 0.29) is 0 Å². The van der Waals surface area contributed by atoms with Gasteiger partial charge in [0.15, 0.2) is 6.29 Å². The number of anilines is 1. The Bertz CT molecular complexity index is 487. The Morgan fingerprint density at radius 3 is 3.00 bits per heavy atom. The molecule has 0 aliphatic rings. The number of rotatable bonds is 2. The molecule has 0 atom stereocenters. The number of benzene rings is 1. The molecule has 2 aromatic rings. The van der Waals surface area contributed by atoms with Gasteiger partial charge in [0.2, 0.25) is 0 Å². The van der Waals surface area contributed by atoms with Crippen LogP contribution in [0, 0.1) is 0 Å². The molecule has 0 aliphatic heterocycles. The number of nitrogen functional groups attached to an aromatic ring is 1. The van der Waals surface area contributed by atoms with Crippen molar-refractivity contribution in [3.8, 4) is 0 Å². The van der Waals surface area contributed by atoms with Gasteiger partial charge in [-0.3, -0.25) is 4.79 Å². The maximum absolute atomic E-state index is 10.9. The predicted molar refractivity (Wildman–Crippen MR) is 61.0 cm³/mol. The summed E-state index contributed by atoms with van der Waals surface area (Å²) in [4.78, 5) is 10.9. The summed E-state index contributed by atoms with van der Waals surface area (Å²) >= 11 is 1.65. The van der Waals surface area contributed by atoms with Crippen molar-refractivity contribution in [1.29, 1.82) is 0 Å². The highest BCUT2D eigenvalue weighted by Crippen LogP contribution is 2.30. The molecule has 0 bridgehead atoms. The summed E-state index contributed by atoms with van der Waals surface area (Å²) in [5, 5.41) is 3.19. The van der Waals surface area contributed by atoms with E-state index in [1.165, 1.54) is 0 Å². The lowest BCUT2D eigenvalue weighted by Crippen LogP contribution is -1.98. The van der Waals surface area contributed by atoms with Crippen molar-refractivity contribution in [2.45, 2.75) is 13.3 Å². The van der Waals surface area contributed by atoms with Crippen LogP contribution in [0.25, 0.3) is 10.1 Å². The fourth-order valence-electron chi connectivity index (χ4n) is 1.74. The number of hydrogen-bond acceptors (Lipinski definition) is 3.